The van der Waals surface area contributed by atoms with Crippen LogP contribution in [0.1, 0.15) is 37.8 Å². The second-order valence-electron chi connectivity index (χ2n) is 5.34. The van der Waals surface area contributed by atoms with Crippen LogP contribution in [0, 0.1) is 0 Å². The lowest BCUT2D eigenvalue weighted by atomic mass is 9.99. The van der Waals surface area contributed by atoms with Gasteiger partial charge in [-0.05, 0) is 44.4 Å². The van der Waals surface area contributed by atoms with Crippen LogP contribution in [0.25, 0.3) is 0 Å². The smallest absolute Gasteiger partial charge is 0.382 e. The molecule has 120 valence electrons. The largest absolute Gasteiger partial charge is 0.416 e. The van der Waals surface area contributed by atoms with E-state index < -0.39 is 11.7 Å². The number of nitrogens with one attached hydrogen (secondary N) is 1. The molecule has 1 N–H and O–H groups in total. The average Bonchev–Trinajstić information content (AvgIpc) is 2.44. The van der Waals surface area contributed by atoms with Crippen molar-refractivity contribution in [3.8, 4) is 0 Å². The molecule has 0 radical (unpaired) electrons. The predicted molar refractivity (Wildman–Crippen MR) is 78.3 cm³/mol. The summed E-state index contributed by atoms with van der Waals surface area (Å²) in [5, 5.41) is 3.38. The van der Waals surface area contributed by atoms with Crippen LogP contribution in [0.3, 0.4) is 0 Å². The van der Waals surface area contributed by atoms with Crippen molar-refractivity contribution in [1.82, 2.24) is 5.32 Å². The Kier molecular flexibility index (Phi) is 7.18. The van der Waals surface area contributed by atoms with E-state index in [1.165, 1.54) is 12.1 Å². The zero-order valence-electron chi connectivity index (χ0n) is 12.8. The lowest BCUT2D eigenvalue weighted by molar-refractivity contribution is -0.137. The van der Waals surface area contributed by atoms with Gasteiger partial charge in [0, 0.05) is 13.2 Å². The molecule has 2 nitrogen and oxygen atoms in total. The fraction of sp³-hybridized carbons (Fsp3) is 0.625. The predicted octanol–water partition coefficient (Wildman–Crippen LogP) is 4.04. The van der Waals surface area contributed by atoms with Crippen LogP contribution in [0.15, 0.2) is 24.3 Å². The molecule has 2 unspecified atom stereocenters. The highest BCUT2D eigenvalue weighted by Gasteiger charge is 2.30. The minimum atomic E-state index is -4.29. The van der Waals surface area contributed by atoms with Gasteiger partial charge in [0.25, 0.3) is 0 Å². The Morgan fingerprint density at radius 1 is 1.29 bits per heavy atom. The van der Waals surface area contributed by atoms with Crippen molar-refractivity contribution in [1.29, 1.82) is 0 Å². The maximum Gasteiger partial charge on any atom is 0.416 e. The van der Waals surface area contributed by atoms with E-state index in [0.717, 1.165) is 25.5 Å². The third-order valence-corrected chi connectivity index (χ3v) is 3.44. The number of rotatable bonds is 8. The number of hydrogen-bond donors (Lipinski definition) is 1. The molecule has 0 amide bonds. The van der Waals surface area contributed by atoms with Gasteiger partial charge in [0.15, 0.2) is 0 Å². The maximum absolute atomic E-state index is 12.7. The van der Waals surface area contributed by atoms with E-state index in [1.54, 1.807) is 13.2 Å². The molecule has 0 bridgehead atoms. The summed E-state index contributed by atoms with van der Waals surface area (Å²) in [5.41, 5.74) is 0.107. The van der Waals surface area contributed by atoms with Gasteiger partial charge in [-0.25, -0.2) is 0 Å². The van der Waals surface area contributed by atoms with Crippen LogP contribution in [0.5, 0.6) is 0 Å². The van der Waals surface area contributed by atoms with Gasteiger partial charge in [0.1, 0.15) is 0 Å². The molecule has 0 aliphatic heterocycles. The molecule has 1 aromatic carbocycles. The highest BCUT2D eigenvalue weighted by atomic mass is 19.4. The van der Waals surface area contributed by atoms with Crippen molar-refractivity contribution in [3.63, 3.8) is 0 Å². The molecule has 1 aromatic rings. The van der Waals surface area contributed by atoms with Gasteiger partial charge in [-0.1, -0.05) is 25.1 Å². The van der Waals surface area contributed by atoms with Gasteiger partial charge in [0.05, 0.1) is 11.7 Å². The van der Waals surface area contributed by atoms with Gasteiger partial charge in [-0.2, -0.15) is 13.2 Å². The molecule has 0 aromatic heterocycles. The van der Waals surface area contributed by atoms with E-state index in [1.807, 2.05) is 6.92 Å². The Morgan fingerprint density at radius 3 is 2.57 bits per heavy atom. The Balaban J connectivity index is 2.77. The van der Waals surface area contributed by atoms with Crippen LogP contribution in [0.2, 0.25) is 0 Å². The second kappa shape index (κ2) is 8.39. The summed E-state index contributed by atoms with van der Waals surface area (Å²) in [6.07, 6.45) is -1.89. The standard InChI is InChI=1S/C16H24F3NO/c1-4-8-20-15(9-12(2)21-3)11-13-6-5-7-14(10-13)16(17,18)19/h5-7,10,12,15,20H,4,8-9,11H2,1-3H3. The fourth-order valence-corrected chi connectivity index (χ4v) is 2.24. The van der Waals surface area contributed by atoms with Crippen molar-refractivity contribution in [2.45, 2.75) is 51.4 Å². The number of alkyl halides is 3. The zero-order chi connectivity index (χ0) is 15.9. The topological polar surface area (TPSA) is 21.3 Å². The Bertz CT molecular complexity index is 420. The van der Waals surface area contributed by atoms with E-state index in [2.05, 4.69) is 12.2 Å². The Labute approximate surface area is 124 Å². The van der Waals surface area contributed by atoms with Gasteiger partial charge in [-0.3, -0.25) is 0 Å². The third-order valence-electron chi connectivity index (χ3n) is 3.44. The molecule has 1 rings (SSSR count). The van der Waals surface area contributed by atoms with Crippen molar-refractivity contribution >= 4 is 0 Å². The fourth-order valence-electron chi connectivity index (χ4n) is 2.24. The maximum atomic E-state index is 12.7. The van der Waals surface area contributed by atoms with E-state index in [9.17, 15) is 13.2 Å². The lowest BCUT2D eigenvalue weighted by Crippen LogP contribution is -2.35. The lowest BCUT2D eigenvalue weighted by Gasteiger charge is -2.22. The van der Waals surface area contributed by atoms with E-state index in [-0.39, 0.29) is 12.1 Å². The minimum absolute atomic E-state index is 0.0742. The summed E-state index contributed by atoms with van der Waals surface area (Å²) in [6.45, 7) is 4.88. The van der Waals surface area contributed by atoms with E-state index >= 15 is 0 Å². The molecule has 5 heteroatoms. The Hall–Kier alpha value is -1.07. The van der Waals surface area contributed by atoms with E-state index in [4.69, 9.17) is 4.74 Å². The minimum Gasteiger partial charge on any atom is -0.382 e. The number of hydrogen-bond acceptors (Lipinski definition) is 2. The quantitative estimate of drug-likeness (QED) is 0.782. The number of halogens is 3. The molecule has 2 atom stereocenters. The van der Waals surface area contributed by atoms with Gasteiger partial charge >= 0.3 is 6.18 Å². The van der Waals surface area contributed by atoms with E-state index in [0.29, 0.717) is 12.0 Å². The molecule has 0 spiro atoms. The number of benzene rings is 1. The molecule has 0 saturated heterocycles. The third kappa shape index (κ3) is 6.48. The van der Waals surface area contributed by atoms with Crippen LogP contribution >= 0.6 is 0 Å². The highest BCUT2D eigenvalue weighted by molar-refractivity contribution is 5.26. The molecule has 0 saturated carbocycles. The van der Waals surface area contributed by atoms with Crippen molar-refractivity contribution in [3.05, 3.63) is 35.4 Å². The molecule has 21 heavy (non-hydrogen) atoms. The first-order valence-electron chi connectivity index (χ1n) is 7.29. The molecule has 0 heterocycles. The van der Waals surface area contributed by atoms with Crippen LogP contribution < -0.4 is 5.32 Å². The van der Waals surface area contributed by atoms with Crippen LogP contribution in [-0.4, -0.2) is 25.8 Å². The van der Waals surface area contributed by atoms with Crippen LogP contribution in [-0.2, 0) is 17.3 Å². The zero-order valence-corrected chi connectivity index (χ0v) is 12.8. The van der Waals surface area contributed by atoms with Crippen molar-refractivity contribution in [2.24, 2.45) is 0 Å². The van der Waals surface area contributed by atoms with Gasteiger partial charge in [-0.15, -0.1) is 0 Å². The summed E-state index contributed by atoms with van der Waals surface area (Å²) in [7, 11) is 1.64. The molecule has 0 aliphatic carbocycles. The SMILES string of the molecule is CCCNC(Cc1cccc(C(F)(F)F)c1)CC(C)OC. The average molecular weight is 303 g/mol. The summed E-state index contributed by atoms with van der Waals surface area (Å²) in [6, 6.07) is 5.67. The monoisotopic (exact) mass is 303 g/mol. The summed E-state index contributed by atoms with van der Waals surface area (Å²) in [5.74, 6) is 0. The van der Waals surface area contributed by atoms with Gasteiger partial charge < -0.3 is 10.1 Å². The summed E-state index contributed by atoms with van der Waals surface area (Å²) in [4.78, 5) is 0. The first-order chi connectivity index (χ1) is 9.86. The molecule has 0 aliphatic rings. The normalized spacial score (nSPS) is 15.0. The summed E-state index contributed by atoms with van der Waals surface area (Å²) < 4.78 is 43.5. The molecule has 0 fully saturated rings. The van der Waals surface area contributed by atoms with Crippen molar-refractivity contribution < 1.29 is 17.9 Å². The number of methoxy groups -OCH3 is 1. The van der Waals surface area contributed by atoms with Gasteiger partial charge in [0.2, 0.25) is 0 Å². The first kappa shape index (κ1) is 18.0. The molecular formula is C16H24F3NO. The highest BCUT2D eigenvalue weighted by Crippen LogP contribution is 2.29. The second-order valence-corrected chi connectivity index (χ2v) is 5.34. The molecular weight excluding hydrogens is 279 g/mol. The van der Waals surface area contributed by atoms with Crippen LogP contribution in [0.4, 0.5) is 13.2 Å². The Morgan fingerprint density at radius 2 is 2.00 bits per heavy atom. The number of ether oxygens (including phenoxy) is 1. The summed E-state index contributed by atoms with van der Waals surface area (Å²) >= 11 is 0. The first-order valence-corrected chi connectivity index (χ1v) is 7.29. The van der Waals surface area contributed by atoms with Crippen molar-refractivity contribution in [2.75, 3.05) is 13.7 Å².